The first-order valence-electron chi connectivity index (χ1n) is 9.52. The predicted molar refractivity (Wildman–Crippen MR) is 128 cm³/mol. The fraction of sp³-hybridized carbons (Fsp3) is 0.167. The van der Waals surface area contributed by atoms with Crippen molar-refractivity contribution in [1.82, 2.24) is 0 Å². The van der Waals surface area contributed by atoms with Crippen molar-refractivity contribution in [2.75, 3.05) is 38.9 Å². The monoisotopic (exact) mass is 438 g/mol. The maximum absolute atomic E-state index is 5.98. The van der Waals surface area contributed by atoms with E-state index in [9.17, 15) is 0 Å². The molecule has 0 aliphatic carbocycles. The third kappa shape index (κ3) is 5.58. The minimum absolute atomic E-state index is 0.574. The molecule has 3 rings (SSSR count). The van der Waals surface area contributed by atoms with Crippen LogP contribution in [0.1, 0.15) is 11.1 Å². The molecule has 0 aliphatic rings. The Morgan fingerprint density at radius 3 is 2.03 bits per heavy atom. The van der Waals surface area contributed by atoms with Crippen LogP contribution in [-0.4, -0.2) is 28.4 Å². The molecule has 0 spiro atoms. The van der Waals surface area contributed by atoms with E-state index in [0.29, 0.717) is 28.7 Å². The van der Waals surface area contributed by atoms with Gasteiger partial charge in [-0.25, -0.2) is 0 Å². The molecule has 0 saturated heterocycles. The third-order valence-electron chi connectivity index (χ3n) is 4.53. The first-order valence-corrected chi connectivity index (χ1v) is 10.3. The Hall–Kier alpha value is -3.45. The van der Waals surface area contributed by atoms with Crippen molar-refractivity contribution in [2.24, 2.45) is 0 Å². The summed E-state index contributed by atoms with van der Waals surface area (Å²) in [4.78, 5) is 0.997. The van der Waals surface area contributed by atoms with Gasteiger partial charge in [-0.1, -0.05) is 24.3 Å². The van der Waals surface area contributed by atoms with Crippen molar-refractivity contribution < 1.29 is 18.9 Å². The molecule has 6 nitrogen and oxygen atoms in total. The molecular weight excluding hydrogens is 412 g/mol. The molecule has 0 amide bonds. The molecule has 31 heavy (non-hydrogen) atoms. The molecule has 0 bridgehead atoms. The van der Waals surface area contributed by atoms with E-state index in [0.717, 1.165) is 21.7 Å². The number of ether oxygens (including phenoxy) is 4. The zero-order valence-electron chi connectivity index (χ0n) is 18.0. The van der Waals surface area contributed by atoms with Crippen molar-refractivity contribution in [1.29, 1.82) is 0 Å². The second-order valence-corrected chi connectivity index (χ2v) is 7.41. The number of nitrogens with one attached hydrogen (secondary N) is 1. The second kappa shape index (κ2) is 10.5. The van der Waals surface area contributed by atoms with Crippen molar-refractivity contribution in [3.05, 3.63) is 65.7 Å². The van der Waals surface area contributed by atoms with E-state index in [1.54, 1.807) is 28.4 Å². The molecule has 0 saturated carbocycles. The first-order chi connectivity index (χ1) is 15.1. The largest absolute Gasteiger partial charge is 0.495 e. The summed E-state index contributed by atoms with van der Waals surface area (Å²) < 4.78 is 24.8. The molecule has 0 atom stereocenters. The SMILES string of the molecule is COc1ccc(SNc2cccc(/C=C\c3cc(OC)c(OC)c(OC)c3)c2)cc1N. The van der Waals surface area contributed by atoms with Crippen LogP contribution in [-0.2, 0) is 0 Å². The van der Waals surface area contributed by atoms with Crippen LogP contribution in [0.4, 0.5) is 11.4 Å². The number of nitrogens with two attached hydrogens (primary N) is 1. The Morgan fingerprint density at radius 2 is 1.42 bits per heavy atom. The highest BCUT2D eigenvalue weighted by atomic mass is 32.2. The molecule has 0 unspecified atom stereocenters. The Bertz CT molecular complexity index is 1040. The maximum Gasteiger partial charge on any atom is 0.203 e. The fourth-order valence-corrected chi connectivity index (χ4v) is 3.67. The van der Waals surface area contributed by atoms with Crippen molar-refractivity contribution >= 4 is 35.5 Å². The van der Waals surface area contributed by atoms with Crippen LogP contribution in [0.15, 0.2) is 59.5 Å². The van der Waals surface area contributed by atoms with Gasteiger partial charge in [0.05, 0.1) is 34.1 Å². The summed E-state index contributed by atoms with van der Waals surface area (Å²) in [6, 6.07) is 17.6. The summed E-state index contributed by atoms with van der Waals surface area (Å²) in [5.74, 6) is 2.48. The normalized spacial score (nSPS) is 10.7. The quantitative estimate of drug-likeness (QED) is 0.256. The number of benzene rings is 3. The molecule has 0 fully saturated rings. The van der Waals surface area contributed by atoms with E-state index in [-0.39, 0.29) is 0 Å². The van der Waals surface area contributed by atoms with Crippen molar-refractivity contribution in [3.63, 3.8) is 0 Å². The molecule has 0 aromatic heterocycles. The molecular formula is C24H26N2O4S. The molecule has 162 valence electrons. The predicted octanol–water partition coefficient (Wildman–Crippen LogP) is 5.59. The summed E-state index contributed by atoms with van der Waals surface area (Å²) >= 11 is 1.49. The number of methoxy groups -OCH3 is 4. The molecule has 3 aromatic rings. The van der Waals surface area contributed by atoms with Crippen LogP contribution in [0.2, 0.25) is 0 Å². The average molecular weight is 439 g/mol. The van der Waals surface area contributed by atoms with Gasteiger partial charge in [-0.2, -0.15) is 0 Å². The second-order valence-electron chi connectivity index (χ2n) is 6.53. The summed E-state index contributed by atoms with van der Waals surface area (Å²) in [6.07, 6.45) is 4.03. The molecule has 0 heterocycles. The van der Waals surface area contributed by atoms with E-state index >= 15 is 0 Å². The summed E-state index contributed by atoms with van der Waals surface area (Å²) in [6.45, 7) is 0. The van der Waals surface area contributed by atoms with Gasteiger partial charge in [-0.05, 0) is 65.5 Å². The van der Waals surface area contributed by atoms with Crippen molar-refractivity contribution in [2.45, 2.75) is 4.90 Å². The number of nitrogen functional groups attached to an aromatic ring is 1. The van der Waals surface area contributed by atoms with E-state index in [1.165, 1.54) is 11.9 Å². The molecule has 3 aromatic carbocycles. The summed E-state index contributed by atoms with van der Waals surface area (Å²) in [5, 5.41) is 0. The van der Waals surface area contributed by atoms with E-state index in [4.69, 9.17) is 24.7 Å². The Morgan fingerprint density at radius 1 is 0.742 bits per heavy atom. The Labute approximate surface area is 187 Å². The fourth-order valence-electron chi connectivity index (χ4n) is 2.99. The number of rotatable bonds is 9. The zero-order chi connectivity index (χ0) is 22.2. The van der Waals surface area contributed by atoms with Gasteiger partial charge in [-0.15, -0.1) is 0 Å². The van der Waals surface area contributed by atoms with Crippen LogP contribution in [0.25, 0.3) is 12.2 Å². The highest BCUT2D eigenvalue weighted by Gasteiger charge is 2.12. The maximum atomic E-state index is 5.98. The molecule has 3 N–H and O–H groups in total. The minimum atomic E-state index is 0.574. The van der Waals surface area contributed by atoms with Gasteiger partial charge in [0.1, 0.15) is 5.75 Å². The summed E-state index contributed by atoms with van der Waals surface area (Å²) in [5.41, 5.74) is 9.55. The van der Waals surface area contributed by atoms with Crippen LogP contribution in [0.3, 0.4) is 0 Å². The average Bonchev–Trinajstić information content (AvgIpc) is 2.81. The number of anilines is 2. The first kappa shape index (κ1) is 22.2. The lowest BCUT2D eigenvalue weighted by atomic mass is 10.1. The number of hydrogen-bond acceptors (Lipinski definition) is 7. The van der Waals surface area contributed by atoms with Gasteiger partial charge in [0, 0.05) is 10.6 Å². The van der Waals surface area contributed by atoms with Crippen LogP contribution >= 0.6 is 11.9 Å². The smallest absolute Gasteiger partial charge is 0.203 e. The Kier molecular flexibility index (Phi) is 7.56. The molecule has 0 radical (unpaired) electrons. The van der Waals surface area contributed by atoms with Crippen LogP contribution in [0, 0.1) is 0 Å². The molecule has 0 aliphatic heterocycles. The lowest BCUT2D eigenvalue weighted by molar-refractivity contribution is 0.324. The van der Waals surface area contributed by atoms with Gasteiger partial charge in [0.15, 0.2) is 11.5 Å². The zero-order valence-corrected chi connectivity index (χ0v) is 18.8. The summed E-state index contributed by atoms with van der Waals surface area (Å²) in [7, 11) is 6.41. The van der Waals surface area contributed by atoms with Gasteiger partial charge >= 0.3 is 0 Å². The standard InChI is InChI=1S/C24H26N2O4S/c1-27-21-11-10-19(15-20(21)25)31-26-18-7-5-6-16(12-18)8-9-17-13-22(28-2)24(30-4)23(14-17)29-3/h5-15,26H,25H2,1-4H3/b9-8-. The van der Waals surface area contributed by atoms with Gasteiger partial charge in [-0.3, -0.25) is 0 Å². The van der Waals surface area contributed by atoms with E-state index in [2.05, 4.69) is 10.8 Å². The number of hydrogen-bond donors (Lipinski definition) is 2. The van der Waals surface area contributed by atoms with Crippen LogP contribution in [0.5, 0.6) is 23.0 Å². The minimum Gasteiger partial charge on any atom is -0.495 e. The third-order valence-corrected chi connectivity index (χ3v) is 5.36. The lowest BCUT2D eigenvalue weighted by Gasteiger charge is -2.12. The highest BCUT2D eigenvalue weighted by molar-refractivity contribution is 8.00. The molecule has 7 heteroatoms. The lowest BCUT2D eigenvalue weighted by Crippen LogP contribution is -1.95. The highest BCUT2D eigenvalue weighted by Crippen LogP contribution is 2.38. The Balaban J connectivity index is 1.73. The van der Waals surface area contributed by atoms with Crippen molar-refractivity contribution in [3.8, 4) is 23.0 Å². The topological polar surface area (TPSA) is 75.0 Å². The van der Waals surface area contributed by atoms with Gasteiger partial charge in [0.2, 0.25) is 5.75 Å². The van der Waals surface area contributed by atoms with Crippen LogP contribution < -0.4 is 29.4 Å². The van der Waals surface area contributed by atoms with Gasteiger partial charge in [0.25, 0.3) is 0 Å². The van der Waals surface area contributed by atoms with E-state index in [1.807, 2.05) is 60.7 Å². The van der Waals surface area contributed by atoms with Gasteiger partial charge < -0.3 is 29.4 Å². The van der Waals surface area contributed by atoms with E-state index < -0.39 is 0 Å².